The molecule has 2 aliphatic rings. The third kappa shape index (κ3) is 5.76. The standard InChI is InChI=1S/C27H32N2O5/c1-2-18(13-14-25(30)31)28-26(32)24(15-17-11-12-17)29-27(33)34-16-23-21-9-5-3-7-19(21)20-8-4-6-10-22(20)23/h3-10,17-18,23-24H,2,11-16H2,1H3,(H,28,32)(H,29,33)(H,30,31)/t18?,24-/m0/s1. The van der Waals surface area contributed by atoms with Crippen molar-refractivity contribution in [2.75, 3.05) is 6.61 Å². The number of fused-ring (bicyclic) bond motifs is 3. The van der Waals surface area contributed by atoms with E-state index in [4.69, 9.17) is 9.84 Å². The fourth-order valence-corrected chi connectivity index (χ4v) is 4.68. The van der Waals surface area contributed by atoms with E-state index in [0.717, 1.165) is 35.1 Å². The maximum atomic E-state index is 12.9. The van der Waals surface area contributed by atoms with Gasteiger partial charge in [-0.1, -0.05) is 68.3 Å². The van der Waals surface area contributed by atoms with Gasteiger partial charge in [-0.3, -0.25) is 9.59 Å². The number of hydrogen-bond acceptors (Lipinski definition) is 4. The van der Waals surface area contributed by atoms with E-state index >= 15 is 0 Å². The van der Waals surface area contributed by atoms with Crippen molar-refractivity contribution in [1.82, 2.24) is 10.6 Å². The van der Waals surface area contributed by atoms with Crippen molar-refractivity contribution < 1.29 is 24.2 Å². The van der Waals surface area contributed by atoms with Gasteiger partial charge in [0.1, 0.15) is 12.6 Å². The van der Waals surface area contributed by atoms with Gasteiger partial charge in [0.2, 0.25) is 5.91 Å². The predicted octanol–water partition coefficient (Wildman–Crippen LogP) is 4.45. The number of carbonyl (C=O) groups excluding carboxylic acids is 2. The van der Waals surface area contributed by atoms with Crippen molar-refractivity contribution in [3.8, 4) is 11.1 Å². The maximum Gasteiger partial charge on any atom is 0.407 e. The molecule has 2 amide bonds. The van der Waals surface area contributed by atoms with Crippen LogP contribution in [0.1, 0.15) is 62.5 Å². The van der Waals surface area contributed by atoms with E-state index < -0.39 is 18.1 Å². The molecule has 180 valence electrons. The van der Waals surface area contributed by atoms with Gasteiger partial charge in [0, 0.05) is 18.4 Å². The molecule has 0 aromatic heterocycles. The number of aliphatic carboxylic acids is 1. The Labute approximate surface area is 199 Å². The molecule has 2 aromatic carbocycles. The van der Waals surface area contributed by atoms with E-state index in [1.807, 2.05) is 31.2 Å². The molecule has 7 heteroatoms. The summed E-state index contributed by atoms with van der Waals surface area (Å²) in [6.07, 6.45) is 3.02. The number of carbonyl (C=O) groups is 3. The minimum atomic E-state index is -0.890. The largest absolute Gasteiger partial charge is 0.481 e. The zero-order chi connectivity index (χ0) is 24.1. The van der Waals surface area contributed by atoms with E-state index in [-0.39, 0.29) is 30.9 Å². The Balaban J connectivity index is 1.37. The van der Waals surface area contributed by atoms with Crippen molar-refractivity contribution in [2.24, 2.45) is 5.92 Å². The van der Waals surface area contributed by atoms with Gasteiger partial charge in [0.25, 0.3) is 0 Å². The molecule has 0 bridgehead atoms. The Hall–Kier alpha value is -3.35. The summed E-state index contributed by atoms with van der Waals surface area (Å²) in [5.41, 5.74) is 4.58. The van der Waals surface area contributed by atoms with Crippen molar-refractivity contribution in [3.05, 3.63) is 59.7 Å². The van der Waals surface area contributed by atoms with Crippen LogP contribution in [-0.4, -0.2) is 41.8 Å². The molecule has 1 fully saturated rings. The first-order valence-electron chi connectivity index (χ1n) is 12.1. The van der Waals surface area contributed by atoms with Crippen LogP contribution in [-0.2, 0) is 14.3 Å². The maximum absolute atomic E-state index is 12.9. The zero-order valence-corrected chi connectivity index (χ0v) is 19.5. The van der Waals surface area contributed by atoms with Crippen molar-refractivity contribution in [2.45, 2.75) is 63.5 Å². The fourth-order valence-electron chi connectivity index (χ4n) is 4.68. The highest BCUT2D eigenvalue weighted by molar-refractivity contribution is 5.86. The molecule has 1 saturated carbocycles. The van der Waals surface area contributed by atoms with Crippen LogP contribution in [0.4, 0.5) is 4.79 Å². The number of ether oxygens (including phenoxy) is 1. The van der Waals surface area contributed by atoms with Gasteiger partial charge in [-0.15, -0.1) is 0 Å². The third-order valence-corrected chi connectivity index (χ3v) is 6.76. The molecule has 0 aliphatic heterocycles. The lowest BCUT2D eigenvalue weighted by molar-refractivity contribution is -0.137. The first kappa shape index (κ1) is 23.8. The van der Waals surface area contributed by atoms with E-state index in [1.165, 1.54) is 0 Å². The Morgan fingerprint density at radius 3 is 2.18 bits per heavy atom. The zero-order valence-electron chi connectivity index (χ0n) is 19.5. The summed E-state index contributed by atoms with van der Waals surface area (Å²) in [6.45, 7) is 2.09. The molecule has 0 heterocycles. The molecular weight excluding hydrogens is 432 g/mol. The lowest BCUT2D eigenvalue weighted by Crippen LogP contribution is -2.50. The van der Waals surface area contributed by atoms with Crippen molar-refractivity contribution in [1.29, 1.82) is 0 Å². The highest BCUT2D eigenvalue weighted by Gasteiger charge is 2.33. The number of benzene rings is 2. The van der Waals surface area contributed by atoms with Crippen LogP contribution < -0.4 is 10.6 Å². The number of carboxylic acids is 1. The fraction of sp³-hybridized carbons (Fsp3) is 0.444. The number of rotatable bonds is 11. The molecule has 0 radical (unpaired) electrons. The van der Waals surface area contributed by atoms with Crippen LogP contribution in [0.25, 0.3) is 11.1 Å². The first-order chi connectivity index (χ1) is 16.5. The summed E-state index contributed by atoms with van der Waals surface area (Å²) in [5, 5.41) is 14.6. The summed E-state index contributed by atoms with van der Waals surface area (Å²) < 4.78 is 5.62. The van der Waals surface area contributed by atoms with Crippen molar-refractivity contribution >= 4 is 18.0 Å². The second kappa shape index (κ2) is 10.7. The second-order valence-electron chi connectivity index (χ2n) is 9.25. The third-order valence-electron chi connectivity index (χ3n) is 6.76. The lowest BCUT2D eigenvalue weighted by Gasteiger charge is -2.23. The van der Waals surface area contributed by atoms with Crippen LogP contribution in [0.15, 0.2) is 48.5 Å². The number of amides is 2. The summed E-state index contributed by atoms with van der Waals surface area (Å²) in [5.74, 6) is -0.797. The molecule has 1 unspecified atom stereocenters. The Kier molecular flexibility index (Phi) is 7.50. The number of carboxylic acid groups (broad SMARTS) is 1. The van der Waals surface area contributed by atoms with Gasteiger partial charge in [-0.25, -0.2) is 4.79 Å². The van der Waals surface area contributed by atoms with Crippen molar-refractivity contribution in [3.63, 3.8) is 0 Å². The molecule has 2 aromatic rings. The second-order valence-corrected chi connectivity index (χ2v) is 9.25. The molecular formula is C27H32N2O5. The van der Waals surface area contributed by atoms with Gasteiger partial charge in [-0.05, 0) is 47.4 Å². The van der Waals surface area contributed by atoms with E-state index in [0.29, 0.717) is 25.2 Å². The van der Waals surface area contributed by atoms with Gasteiger partial charge >= 0.3 is 12.1 Å². The average molecular weight is 465 g/mol. The van der Waals surface area contributed by atoms with Crippen LogP contribution in [0.2, 0.25) is 0 Å². The topological polar surface area (TPSA) is 105 Å². The summed E-state index contributed by atoms with van der Waals surface area (Å²) in [7, 11) is 0. The first-order valence-corrected chi connectivity index (χ1v) is 12.1. The minimum Gasteiger partial charge on any atom is -0.481 e. The predicted molar refractivity (Wildman–Crippen MR) is 128 cm³/mol. The van der Waals surface area contributed by atoms with E-state index in [1.54, 1.807) is 0 Å². The normalized spacial score (nSPS) is 16.1. The number of nitrogens with one attached hydrogen (secondary N) is 2. The Morgan fingerprint density at radius 1 is 1.00 bits per heavy atom. The molecule has 2 aliphatic carbocycles. The molecule has 0 spiro atoms. The highest BCUT2D eigenvalue weighted by atomic mass is 16.5. The van der Waals surface area contributed by atoms with Crippen LogP contribution in [0, 0.1) is 5.92 Å². The summed E-state index contributed by atoms with van der Waals surface area (Å²) >= 11 is 0. The number of hydrogen-bond donors (Lipinski definition) is 3. The van der Waals surface area contributed by atoms with Crippen LogP contribution >= 0.6 is 0 Å². The van der Waals surface area contributed by atoms with Gasteiger partial charge in [0.15, 0.2) is 0 Å². The lowest BCUT2D eigenvalue weighted by atomic mass is 9.98. The van der Waals surface area contributed by atoms with Crippen LogP contribution in [0.3, 0.4) is 0 Å². The average Bonchev–Trinajstić information content (AvgIpc) is 3.60. The molecule has 4 rings (SSSR count). The summed E-state index contributed by atoms with van der Waals surface area (Å²) in [4.78, 5) is 36.5. The highest BCUT2D eigenvalue weighted by Crippen LogP contribution is 2.44. The van der Waals surface area contributed by atoms with Gasteiger partial charge < -0.3 is 20.5 Å². The monoisotopic (exact) mass is 464 g/mol. The minimum absolute atomic E-state index is 0.00805. The Bertz CT molecular complexity index is 1000. The molecule has 3 N–H and O–H groups in total. The SMILES string of the molecule is CCC(CCC(=O)O)NC(=O)[C@H](CC1CC1)NC(=O)OCC1c2ccccc2-c2ccccc21. The molecule has 34 heavy (non-hydrogen) atoms. The molecule has 7 nitrogen and oxygen atoms in total. The van der Waals surface area contributed by atoms with Crippen LogP contribution in [0.5, 0.6) is 0 Å². The summed E-state index contributed by atoms with van der Waals surface area (Å²) in [6, 6.07) is 15.3. The van der Waals surface area contributed by atoms with E-state index in [9.17, 15) is 14.4 Å². The van der Waals surface area contributed by atoms with Gasteiger partial charge in [0.05, 0.1) is 0 Å². The van der Waals surface area contributed by atoms with E-state index in [2.05, 4.69) is 34.9 Å². The quantitative estimate of drug-likeness (QED) is 0.456. The molecule has 0 saturated heterocycles. The Morgan fingerprint density at radius 2 is 1.62 bits per heavy atom. The smallest absolute Gasteiger partial charge is 0.407 e. The number of alkyl carbamates (subject to hydrolysis) is 1. The molecule has 2 atom stereocenters. The van der Waals surface area contributed by atoms with Gasteiger partial charge in [-0.2, -0.15) is 0 Å².